The Labute approximate surface area is 160 Å². The molecule has 1 aromatic heterocycles. The molecule has 142 valence electrons. The van der Waals surface area contributed by atoms with Gasteiger partial charge in [-0.3, -0.25) is 9.59 Å². The first kappa shape index (κ1) is 20.3. The van der Waals surface area contributed by atoms with Crippen molar-refractivity contribution in [2.24, 2.45) is 0 Å². The predicted octanol–water partition coefficient (Wildman–Crippen LogP) is 1.04. The minimum Gasteiger partial charge on any atom is -0.548 e. The predicted molar refractivity (Wildman–Crippen MR) is 101 cm³/mol. The van der Waals surface area contributed by atoms with E-state index in [9.17, 15) is 19.5 Å². The number of carbonyl (C=O) groups is 3. The Morgan fingerprint density at radius 2 is 1.93 bits per heavy atom. The molecule has 1 heterocycles. The second kappa shape index (κ2) is 10.2. The molecular formula is C19H19N2O5S-. The zero-order valence-electron chi connectivity index (χ0n) is 14.6. The SMILES string of the molecule is CSCC[C@@H](NC(=O)/C(=C\c1ccco1)NC(=O)c1ccccc1)C(=O)[O-]. The van der Waals surface area contributed by atoms with E-state index in [0.717, 1.165) is 0 Å². The van der Waals surface area contributed by atoms with E-state index in [1.54, 1.807) is 42.5 Å². The van der Waals surface area contributed by atoms with Gasteiger partial charge in [0, 0.05) is 11.6 Å². The van der Waals surface area contributed by atoms with Crippen LogP contribution in [0.5, 0.6) is 0 Å². The maximum Gasteiger partial charge on any atom is 0.268 e. The molecule has 27 heavy (non-hydrogen) atoms. The van der Waals surface area contributed by atoms with Gasteiger partial charge in [0.25, 0.3) is 11.8 Å². The van der Waals surface area contributed by atoms with Crippen LogP contribution in [0.15, 0.2) is 58.8 Å². The van der Waals surface area contributed by atoms with Crippen molar-refractivity contribution < 1.29 is 23.9 Å². The van der Waals surface area contributed by atoms with E-state index in [4.69, 9.17) is 4.42 Å². The van der Waals surface area contributed by atoms with Gasteiger partial charge >= 0.3 is 0 Å². The Morgan fingerprint density at radius 1 is 1.19 bits per heavy atom. The first-order valence-corrected chi connectivity index (χ1v) is 9.53. The molecular weight excluding hydrogens is 368 g/mol. The van der Waals surface area contributed by atoms with E-state index < -0.39 is 23.8 Å². The average molecular weight is 387 g/mol. The van der Waals surface area contributed by atoms with Crippen molar-refractivity contribution in [3.05, 3.63) is 65.7 Å². The van der Waals surface area contributed by atoms with Gasteiger partial charge in [0.05, 0.1) is 18.3 Å². The third-order valence-electron chi connectivity index (χ3n) is 3.56. The lowest BCUT2D eigenvalue weighted by atomic mass is 10.2. The second-order valence-corrected chi connectivity index (χ2v) is 6.51. The summed E-state index contributed by atoms with van der Waals surface area (Å²) in [5.74, 6) is -1.76. The van der Waals surface area contributed by atoms with E-state index in [-0.39, 0.29) is 12.1 Å². The van der Waals surface area contributed by atoms with Gasteiger partial charge in [0.1, 0.15) is 11.5 Å². The average Bonchev–Trinajstić information content (AvgIpc) is 3.18. The summed E-state index contributed by atoms with van der Waals surface area (Å²) in [6, 6.07) is 10.4. The summed E-state index contributed by atoms with van der Waals surface area (Å²) in [6.45, 7) is 0. The summed E-state index contributed by atoms with van der Waals surface area (Å²) < 4.78 is 5.18. The highest BCUT2D eigenvalue weighted by atomic mass is 32.2. The topological polar surface area (TPSA) is 111 Å². The molecule has 2 N–H and O–H groups in total. The molecule has 0 radical (unpaired) electrons. The number of rotatable bonds is 9. The van der Waals surface area contributed by atoms with Crippen molar-refractivity contribution in [3.63, 3.8) is 0 Å². The van der Waals surface area contributed by atoms with Gasteiger partial charge in [-0.05, 0) is 42.7 Å². The first-order chi connectivity index (χ1) is 13.0. The summed E-state index contributed by atoms with van der Waals surface area (Å²) in [6.07, 6.45) is 4.78. The molecule has 8 heteroatoms. The highest BCUT2D eigenvalue weighted by molar-refractivity contribution is 7.98. The largest absolute Gasteiger partial charge is 0.548 e. The van der Waals surface area contributed by atoms with E-state index in [1.807, 2.05) is 6.26 Å². The van der Waals surface area contributed by atoms with Crippen LogP contribution in [0.3, 0.4) is 0 Å². The van der Waals surface area contributed by atoms with Crippen molar-refractivity contribution in [3.8, 4) is 0 Å². The van der Waals surface area contributed by atoms with E-state index in [1.165, 1.54) is 24.1 Å². The van der Waals surface area contributed by atoms with Crippen LogP contribution in [0, 0.1) is 0 Å². The van der Waals surface area contributed by atoms with Crippen molar-refractivity contribution in [2.45, 2.75) is 12.5 Å². The number of carboxylic acid groups (broad SMARTS) is 1. The molecule has 0 saturated carbocycles. The summed E-state index contributed by atoms with van der Waals surface area (Å²) >= 11 is 1.45. The van der Waals surface area contributed by atoms with Crippen LogP contribution in [0.2, 0.25) is 0 Å². The lowest BCUT2D eigenvalue weighted by Crippen LogP contribution is -2.50. The Morgan fingerprint density at radius 3 is 2.52 bits per heavy atom. The number of amides is 2. The molecule has 0 aliphatic heterocycles. The maximum absolute atomic E-state index is 12.6. The monoisotopic (exact) mass is 387 g/mol. The van der Waals surface area contributed by atoms with Gasteiger partial charge in [-0.2, -0.15) is 11.8 Å². The maximum atomic E-state index is 12.6. The normalized spacial score (nSPS) is 12.3. The number of carboxylic acids is 1. The Bertz CT molecular complexity index is 803. The number of nitrogens with one attached hydrogen (secondary N) is 2. The Hall–Kier alpha value is -3.00. The van der Waals surface area contributed by atoms with Crippen LogP contribution in [0.25, 0.3) is 6.08 Å². The van der Waals surface area contributed by atoms with E-state index in [0.29, 0.717) is 17.1 Å². The lowest BCUT2D eigenvalue weighted by molar-refractivity contribution is -0.308. The number of benzene rings is 1. The quantitative estimate of drug-likeness (QED) is 0.622. The fourth-order valence-corrected chi connectivity index (χ4v) is 2.65. The third-order valence-corrected chi connectivity index (χ3v) is 4.20. The number of hydrogen-bond donors (Lipinski definition) is 2. The highest BCUT2D eigenvalue weighted by Crippen LogP contribution is 2.09. The molecule has 0 aliphatic carbocycles. The molecule has 2 aromatic rings. The number of thioether (sulfide) groups is 1. The van der Waals surface area contributed by atoms with E-state index in [2.05, 4.69) is 10.6 Å². The number of furan rings is 1. The van der Waals surface area contributed by atoms with Gasteiger partial charge < -0.3 is 25.0 Å². The summed E-state index contributed by atoms with van der Waals surface area (Å²) in [5.41, 5.74) is 0.226. The fourth-order valence-electron chi connectivity index (χ4n) is 2.18. The van der Waals surface area contributed by atoms with Crippen LogP contribution in [0.1, 0.15) is 22.5 Å². The number of hydrogen-bond acceptors (Lipinski definition) is 6. The Balaban J connectivity index is 2.20. The molecule has 0 aliphatic rings. The van der Waals surface area contributed by atoms with Crippen molar-refractivity contribution in [1.82, 2.24) is 10.6 Å². The van der Waals surface area contributed by atoms with Gasteiger partial charge in [-0.15, -0.1) is 0 Å². The van der Waals surface area contributed by atoms with Crippen LogP contribution in [-0.4, -0.2) is 35.8 Å². The molecule has 0 fully saturated rings. The molecule has 7 nitrogen and oxygen atoms in total. The summed E-state index contributed by atoms with van der Waals surface area (Å²) in [5, 5.41) is 16.1. The summed E-state index contributed by atoms with van der Waals surface area (Å²) in [4.78, 5) is 36.2. The molecule has 2 rings (SSSR count). The molecule has 0 spiro atoms. The smallest absolute Gasteiger partial charge is 0.268 e. The highest BCUT2D eigenvalue weighted by Gasteiger charge is 2.19. The van der Waals surface area contributed by atoms with Gasteiger partial charge in [0.15, 0.2) is 0 Å². The van der Waals surface area contributed by atoms with E-state index >= 15 is 0 Å². The minimum absolute atomic E-state index is 0.130. The zero-order chi connectivity index (χ0) is 19.6. The van der Waals surface area contributed by atoms with Crippen molar-refractivity contribution in [1.29, 1.82) is 0 Å². The lowest BCUT2D eigenvalue weighted by Gasteiger charge is -2.20. The third kappa shape index (κ3) is 6.34. The van der Waals surface area contributed by atoms with Crippen molar-refractivity contribution >= 4 is 35.6 Å². The number of aliphatic carboxylic acids is 1. The van der Waals surface area contributed by atoms with Gasteiger partial charge in [-0.1, -0.05) is 18.2 Å². The van der Waals surface area contributed by atoms with Crippen LogP contribution < -0.4 is 15.7 Å². The first-order valence-electron chi connectivity index (χ1n) is 8.13. The molecule has 0 unspecified atom stereocenters. The minimum atomic E-state index is -1.39. The fraction of sp³-hybridized carbons (Fsp3) is 0.211. The number of carbonyl (C=O) groups excluding carboxylic acids is 3. The molecule has 0 bridgehead atoms. The van der Waals surface area contributed by atoms with Crippen LogP contribution >= 0.6 is 11.8 Å². The van der Waals surface area contributed by atoms with Gasteiger partial charge in [-0.25, -0.2) is 0 Å². The molecule has 1 aromatic carbocycles. The zero-order valence-corrected chi connectivity index (χ0v) is 15.5. The molecule has 1 atom stereocenters. The van der Waals surface area contributed by atoms with Gasteiger partial charge in [0.2, 0.25) is 0 Å². The summed E-state index contributed by atoms with van der Waals surface area (Å²) in [7, 11) is 0. The Kier molecular flexibility index (Phi) is 7.69. The standard InChI is InChI=1S/C19H20N2O5S/c1-27-11-9-15(19(24)25)20-18(23)16(12-14-8-5-10-26-14)21-17(22)13-6-3-2-4-7-13/h2-8,10,12,15H,9,11H2,1H3,(H,20,23)(H,21,22)(H,24,25)/p-1/b16-12+/t15-/m1/s1. The second-order valence-electron chi connectivity index (χ2n) is 5.52. The van der Waals surface area contributed by atoms with Crippen LogP contribution in [0.4, 0.5) is 0 Å². The molecule has 2 amide bonds. The van der Waals surface area contributed by atoms with Crippen molar-refractivity contribution in [2.75, 3.05) is 12.0 Å². The molecule has 0 saturated heterocycles. The van der Waals surface area contributed by atoms with Crippen LogP contribution in [-0.2, 0) is 9.59 Å².